The SMILES string of the molecule is O=[N+]([O-])c1ccc(NC2CCCCC2O)c2ccncc12. The fraction of sp³-hybridized carbons (Fsp3) is 0.400. The number of aliphatic hydroxyl groups excluding tert-OH is 1. The first kappa shape index (κ1) is 13.8. The van der Waals surface area contributed by atoms with Crippen LogP contribution in [-0.2, 0) is 0 Å². The summed E-state index contributed by atoms with van der Waals surface area (Å²) in [6.07, 6.45) is 6.59. The second-order valence-electron chi connectivity index (χ2n) is 5.41. The van der Waals surface area contributed by atoms with Gasteiger partial charge >= 0.3 is 0 Å². The van der Waals surface area contributed by atoms with Crippen LogP contribution in [0, 0.1) is 10.1 Å². The monoisotopic (exact) mass is 287 g/mol. The molecule has 2 unspecified atom stereocenters. The molecular formula is C15H17N3O3. The van der Waals surface area contributed by atoms with Crippen LogP contribution in [0.15, 0.2) is 30.6 Å². The number of nitrogens with one attached hydrogen (secondary N) is 1. The van der Waals surface area contributed by atoms with Gasteiger partial charge in [-0.25, -0.2) is 0 Å². The van der Waals surface area contributed by atoms with Crippen molar-refractivity contribution < 1.29 is 10.0 Å². The predicted molar refractivity (Wildman–Crippen MR) is 80.3 cm³/mol. The van der Waals surface area contributed by atoms with Crippen molar-refractivity contribution in [2.45, 2.75) is 37.8 Å². The number of rotatable bonds is 3. The van der Waals surface area contributed by atoms with Gasteiger partial charge in [-0.2, -0.15) is 0 Å². The lowest BCUT2D eigenvalue weighted by molar-refractivity contribution is -0.383. The zero-order valence-corrected chi connectivity index (χ0v) is 11.5. The summed E-state index contributed by atoms with van der Waals surface area (Å²) in [5.74, 6) is 0. The minimum Gasteiger partial charge on any atom is -0.391 e. The molecule has 110 valence electrons. The standard InChI is InChI=1S/C15H17N3O3/c19-15-4-2-1-3-13(15)17-12-5-6-14(18(20)21)11-9-16-8-7-10(11)12/h5-9,13,15,17,19H,1-4H2. The summed E-state index contributed by atoms with van der Waals surface area (Å²) < 4.78 is 0. The summed E-state index contributed by atoms with van der Waals surface area (Å²) in [6.45, 7) is 0. The minimum atomic E-state index is -0.400. The molecule has 21 heavy (non-hydrogen) atoms. The number of nitrogens with zero attached hydrogens (tertiary/aromatic N) is 2. The number of hydrogen-bond acceptors (Lipinski definition) is 5. The van der Waals surface area contributed by atoms with Gasteiger partial charge in [0, 0.05) is 29.5 Å². The number of nitro groups is 1. The number of non-ortho nitro benzene ring substituents is 1. The Balaban J connectivity index is 1.99. The molecule has 1 fully saturated rings. The molecule has 6 nitrogen and oxygen atoms in total. The second-order valence-corrected chi connectivity index (χ2v) is 5.41. The van der Waals surface area contributed by atoms with E-state index in [1.165, 1.54) is 12.3 Å². The molecule has 1 heterocycles. The molecule has 0 aliphatic heterocycles. The number of aromatic nitrogens is 1. The molecule has 6 heteroatoms. The topological polar surface area (TPSA) is 88.3 Å². The van der Waals surface area contributed by atoms with Gasteiger partial charge in [-0.3, -0.25) is 15.1 Å². The van der Waals surface area contributed by atoms with Crippen molar-refractivity contribution in [2.75, 3.05) is 5.32 Å². The van der Waals surface area contributed by atoms with Gasteiger partial charge < -0.3 is 10.4 Å². The maximum absolute atomic E-state index is 11.1. The van der Waals surface area contributed by atoms with Crippen LogP contribution >= 0.6 is 0 Å². The van der Waals surface area contributed by atoms with Gasteiger partial charge in [0.05, 0.1) is 22.5 Å². The van der Waals surface area contributed by atoms with Crippen LogP contribution < -0.4 is 5.32 Å². The Morgan fingerprint density at radius 1 is 1.24 bits per heavy atom. The lowest BCUT2D eigenvalue weighted by atomic mass is 9.92. The molecule has 1 aliphatic carbocycles. The number of anilines is 1. The fourth-order valence-corrected chi connectivity index (χ4v) is 2.94. The number of nitro benzene ring substituents is 1. The summed E-state index contributed by atoms with van der Waals surface area (Å²) in [4.78, 5) is 14.7. The van der Waals surface area contributed by atoms with E-state index in [4.69, 9.17) is 0 Å². The third kappa shape index (κ3) is 2.67. The van der Waals surface area contributed by atoms with Crippen molar-refractivity contribution in [1.82, 2.24) is 4.98 Å². The highest BCUT2D eigenvalue weighted by Crippen LogP contribution is 2.32. The molecule has 0 saturated heterocycles. The molecule has 0 spiro atoms. The molecular weight excluding hydrogens is 270 g/mol. The normalized spacial score (nSPS) is 22.1. The lowest BCUT2D eigenvalue weighted by Crippen LogP contribution is -2.36. The van der Waals surface area contributed by atoms with Crippen LogP contribution in [0.5, 0.6) is 0 Å². The van der Waals surface area contributed by atoms with Crippen LogP contribution in [0.4, 0.5) is 11.4 Å². The van der Waals surface area contributed by atoms with Crippen molar-refractivity contribution in [3.05, 3.63) is 40.7 Å². The van der Waals surface area contributed by atoms with Gasteiger partial charge in [0.1, 0.15) is 0 Å². The first-order chi connectivity index (χ1) is 10.2. The summed E-state index contributed by atoms with van der Waals surface area (Å²) >= 11 is 0. The zero-order valence-electron chi connectivity index (χ0n) is 11.5. The summed E-state index contributed by atoms with van der Waals surface area (Å²) in [6, 6.07) is 4.96. The van der Waals surface area contributed by atoms with E-state index in [-0.39, 0.29) is 17.8 Å². The first-order valence-corrected chi connectivity index (χ1v) is 7.12. The highest BCUT2D eigenvalue weighted by molar-refractivity contribution is 5.99. The third-order valence-corrected chi connectivity index (χ3v) is 4.06. The maximum Gasteiger partial charge on any atom is 0.278 e. The van der Waals surface area contributed by atoms with Gasteiger partial charge in [0.2, 0.25) is 0 Å². The van der Waals surface area contributed by atoms with Crippen molar-refractivity contribution in [1.29, 1.82) is 0 Å². The molecule has 2 atom stereocenters. The van der Waals surface area contributed by atoms with E-state index in [1.54, 1.807) is 18.3 Å². The van der Waals surface area contributed by atoms with E-state index in [1.807, 2.05) is 0 Å². The minimum absolute atomic E-state index is 0.00317. The van der Waals surface area contributed by atoms with Crippen LogP contribution in [-0.4, -0.2) is 27.2 Å². The van der Waals surface area contributed by atoms with Gasteiger partial charge in [-0.05, 0) is 25.0 Å². The highest BCUT2D eigenvalue weighted by Gasteiger charge is 2.24. The van der Waals surface area contributed by atoms with E-state index in [0.29, 0.717) is 5.39 Å². The van der Waals surface area contributed by atoms with Gasteiger partial charge in [0.25, 0.3) is 5.69 Å². The highest BCUT2D eigenvalue weighted by atomic mass is 16.6. The summed E-state index contributed by atoms with van der Waals surface area (Å²) in [5, 5.41) is 25.8. The molecule has 1 aromatic carbocycles. The Labute approximate surface area is 122 Å². The average Bonchev–Trinajstić information content (AvgIpc) is 2.49. The van der Waals surface area contributed by atoms with Gasteiger partial charge in [-0.1, -0.05) is 12.8 Å². The van der Waals surface area contributed by atoms with Gasteiger partial charge in [0.15, 0.2) is 0 Å². The molecule has 1 aliphatic rings. The largest absolute Gasteiger partial charge is 0.391 e. The van der Waals surface area contributed by atoms with E-state index in [9.17, 15) is 15.2 Å². The van der Waals surface area contributed by atoms with Crippen LogP contribution in [0.25, 0.3) is 10.8 Å². The fourth-order valence-electron chi connectivity index (χ4n) is 2.94. The Hall–Kier alpha value is -2.21. The quantitative estimate of drug-likeness (QED) is 0.669. The van der Waals surface area contributed by atoms with Crippen molar-refractivity contribution in [3.8, 4) is 0 Å². The maximum atomic E-state index is 11.1. The summed E-state index contributed by atoms with van der Waals surface area (Å²) in [7, 11) is 0. The van der Waals surface area contributed by atoms with Gasteiger partial charge in [-0.15, -0.1) is 0 Å². The number of pyridine rings is 1. The van der Waals surface area contributed by atoms with E-state index >= 15 is 0 Å². The second kappa shape index (κ2) is 5.65. The number of hydrogen-bond donors (Lipinski definition) is 2. The predicted octanol–water partition coefficient (Wildman–Crippen LogP) is 2.86. The lowest BCUT2D eigenvalue weighted by Gasteiger charge is -2.29. The van der Waals surface area contributed by atoms with Crippen molar-refractivity contribution in [3.63, 3.8) is 0 Å². The third-order valence-electron chi connectivity index (χ3n) is 4.06. The Morgan fingerprint density at radius 2 is 2.05 bits per heavy atom. The van der Waals surface area contributed by atoms with Crippen molar-refractivity contribution >= 4 is 22.1 Å². The van der Waals surface area contributed by atoms with E-state index in [2.05, 4.69) is 10.3 Å². The average molecular weight is 287 g/mol. The smallest absolute Gasteiger partial charge is 0.278 e. The van der Waals surface area contributed by atoms with Crippen LogP contribution in [0.3, 0.4) is 0 Å². The van der Waals surface area contributed by atoms with Crippen molar-refractivity contribution in [2.24, 2.45) is 0 Å². The molecule has 3 rings (SSSR count). The Morgan fingerprint density at radius 3 is 2.81 bits per heavy atom. The molecule has 0 bridgehead atoms. The van der Waals surface area contributed by atoms with Crippen LogP contribution in [0.2, 0.25) is 0 Å². The molecule has 0 amide bonds. The Kier molecular flexibility index (Phi) is 3.70. The van der Waals surface area contributed by atoms with E-state index in [0.717, 1.165) is 36.8 Å². The number of fused-ring (bicyclic) bond motifs is 1. The zero-order chi connectivity index (χ0) is 14.8. The molecule has 0 radical (unpaired) electrons. The van der Waals surface area contributed by atoms with Crippen LogP contribution in [0.1, 0.15) is 25.7 Å². The summed E-state index contributed by atoms with van der Waals surface area (Å²) in [5.41, 5.74) is 0.858. The number of benzene rings is 1. The first-order valence-electron chi connectivity index (χ1n) is 7.12. The molecule has 1 saturated carbocycles. The van der Waals surface area contributed by atoms with E-state index < -0.39 is 4.92 Å². The molecule has 2 N–H and O–H groups in total. The number of aliphatic hydroxyl groups is 1. The molecule has 1 aromatic heterocycles. The Bertz CT molecular complexity index is 674. The molecule has 2 aromatic rings.